The molecule has 0 aromatic heterocycles. The molecule has 0 aromatic carbocycles. The van der Waals surface area contributed by atoms with E-state index in [0.29, 0.717) is 17.9 Å². The molecule has 2 aliphatic heterocycles. The van der Waals surface area contributed by atoms with Crippen LogP contribution in [0.25, 0.3) is 0 Å². The Kier molecular flexibility index (Phi) is 3.32. The maximum atomic E-state index is 13.0. The van der Waals surface area contributed by atoms with Crippen LogP contribution in [-0.4, -0.2) is 49.6 Å². The fourth-order valence-corrected chi connectivity index (χ4v) is 4.10. The van der Waals surface area contributed by atoms with Gasteiger partial charge in [0.25, 0.3) is 0 Å². The monoisotopic (exact) mass is 251 g/mol. The van der Waals surface area contributed by atoms with Crippen molar-refractivity contribution in [3.8, 4) is 0 Å². The minimum absolute atomic E-state index is 0.0602. The van der Waals surface area contributed by atoms with Crippen molar-refractivity contribution in [3.05, 3.63) is 0 Å². The van der Waals surface area contributed by atoms with Crippen molar-refractivity contribution in [1.82, 2.24) is 15.5 Å². The van der Waals surface area contributed by atoms with E-state index in [9.17, 15) is 4.79 Å². The van der Waals surface area contributed by atoms with Crippen LogP contribution >= 0.6 is 0 Å². The van der Waals surface area contributed by atoms with E-state index in [1.54, 1.807) is 0 Å². The van der Waals surface area contributed by atoms with Crippen LogP contribution in [0, 0.1) is 11.3 Å². The molecule has 2 saturated heterocycles. The van der Waals surface area contributed by atoms with E-state index < -0.39 is 0 Å². The SMILES string of the molecule is C[C@@H]1CN(C(=O)[C@@]23CCCC[C@H]2CNC3)CCN1. The molecular formula is C14H25N3O. The van der Waals surface area contributed by atoms with Gasteiger partial charge < -0.3 is 15.5 Å². The predicted molar refractivity (Wildman–Crippen MR) is 71.3 cm³/mol. The predicted octanol–water partition coefficient (Wildman–Crippen LogP) is 0.587. The van der Waals surface area contributed by atoms with Gasteiger partial charge >= 0.3 is 0 Å². The van der Waals surface area contributed by atoms with E-state index in [2.05, 4.69) is 22.5 Å². The summed E-state index contributed by atoms with van der Waals surface area (Å²) in [5.74, 6) is 1.02. The first-order valence-corrected chi connectivity index (χ1v) is 7.46. The molecule has 3 rings (SSSR count). The molecule has 0 unspecified atom stereocenters. The molecule has 1 amide bonds. The Hall–Kier alpha value is -0.610. The van der Waals surface area contributed by atoms with Gasteiger partial charge in [-0.1, -0.05) is 12.8 Å². The van der Waals surface area contributed by atoms with Crippen molar-refractivity contribution in [2.75, 3.05) is 32.7 Å². The van der Waals surface area contributed by atoms with Crippen molar-refractivity contribution in [2.45, 2.75) is 38.6 Å². The standard InChI is InChI=1S/C14H25N3O/c1-11-9-17(7-6-16-11)13(18)14-5-3-2-4-12(14)8-15-10-14/h11-12,15-16H,2-10H2,1H3/t11-,12+,14-/m1/s1. The number of amides is 1. The molecule has 3 atom stereocenters. The van der Waals surface area contributed by atoms with Crippen molar-refractivity contribution in [1.29, 1.82) is 0 Å². The molecule has 102 valence electrons. The molecule has 18 heavy (non-hydrogen) atoms. The highest BCUT2D eigenvalue weighted by Crippen LogP contribution is 2.45. The van der Waals surface area contributed by atoms with Crippen LogP contribution in [0.15, 0.2) is 0 Å². The van der Waals surface area contributed by atoms with Gasteiger partial charge in [0, 0.05) is 32.2 Å². The van der Waals surface area contributed by atoms with Crippen LogP contribution < -0.4 is 10.6 Å². The Morgan fingerprint density at radius 1 is 1.39 bits per heavy atom. The molecule has 1 saturated carbocycles. The summed E-state index contributed by atoms with van der Waals surface area (Å²) in [7, 11) is 0. The second kappa shape index (κ2) is 4.82. The van der Waals surface area contributed by atoms with E-state index in [-0.39, 0.29) is 5.41 Å². The lowest BCUT2D eigenvalue weighted by Crippen LogP contribution is -2.57. The summed E-state index contributed by atoms with van der Waals surface area (Å²) in [5.41, 5.74) is -0.0602. The lowest BCUT2D eigenvalue weighted by Gasteiger charge is -2.43. The van der Waals surface area contributed by atoms with Gasteiger partial charge in [0.15, 0.2) is 0 Å². The first kappa shape index (κ1) is 12.4. The van der Waals surface area contributed by atoms with Crippen molar-refractivity contribution in [3.63, 3.8) is 0 Å². The zero-order chi connectivity index (χ0) is 12.6. The summed E-state index contributed by atoms with van der Waals surface area (Å²) in [6.07, 6.45) is 4.87. The number of rotatable bonds is 1. The number of fused-ring (bicyclic) bond motifs is 1. The van der Waals surface area contributed by atoms with Crippen LogP contribution in [0.4, 0.5) is 0 Å². The lowest BCUT2D eigenvalue weighted by molar-refractivity contribution is -0.146. The molecule has 0 aromatic rings. The van der Waals surface area contributed by atoms with Crippen LogP contribution in [0.3, 0.4) is 0 Å². The Morgan fingerprint density at radius 2 is 2.28 bits per heavy atom. The number of nitrogens with one attached hydrogen (secondary N) is 2. The molecule has 1 aliphatic carbocycles. The quantitative estimate of drug-likeness (QED) is 0.717. The topological polar surface area (TPSA) is 44.4 Å². The molecule has 2 heterocycles. The lowest BCUT2D eigenvalue weighted by atomic mass is 9.67. The molecule has 4 nitrogen and oxygen atoms in total. The highest BCUT2D eigenvalue weighted by atomic mass is 16.2. The summed E-state index contributed by atoms with van der Waals surface area (Å²) >= 11 is 0. The third-order valence-electron chi connectivity index (χ3n) is 5.12. The molecule has 0 radical (unpaired) electrons. The van der Waals surface area contributed by atoms with E-state index in [4.69, 9.17) is 0 Å². The van der Waals surface area contributed by atoms with Gasteiger partial charge in [-0.3, -0.25) is 4.79 Å². The maximum absolute atomic E-state index is 13.0. The van der Waals surface area contributed by atoms with Gasteiger partial charge in [0.05, 0.1) is 5.41 Å². The zero-order valence-corrected chi connectivity index (χ0v) is 11.4. The Bertz CT molecular complexity index is 333. The third kappa shape index (κ3) is 1.95. The van der Waals surface area contributed by atoms with Crippen molar-refractivity contribution < 1.29 is 4.79 Å². The Morgan fingerprint density at radius 3 is 3.11 bits per heavy atom. The van der Waals surface area contributed by atoms with E-state index in [1.165, 1.54) is 19.3 Å². The molecule has 0 spiro atoms. The average molecular weight is 251 g/mol. The Labute approximate surface area is 109 Å². The summed E-state index contributed by atoms with van der Waals surface area (Å²) in [5, 5.41) is 6.89. The number of piperazine rings is 1. The van der Waals surface area contributed by atoms with E-state index in [0.717, 1.165) is 39.1 Å². The summed E-state index contributed by atoms with van der Waals surface area (Å²) < 4.78 is 0. The smallest absolute Gasteiger partial charge is 0.230 e. The minimum atomic E-state index is -0.0602. The van der Waals surface area contributed by atoms with E-state index >= 15 is 0 Å². The number of nitrogens with zero attached hydrogens (tertiary/aromatic N) is 1. The van der Waals surface area contributed by atoms with Gasteiger partial charge in [-0.15, -0.1) is 0 Å². The largest absolute Gasteiger partial charge is 0.339 e. The highest BCUT2D eigenvalue weighted by molar-refractivity contribution is 5.84. The third-order valence-corrected chi connectivity index (χ3v) is 5.12. The second-order valence-corrected chi connectivity index (χ2v) is 6.34. The Balaban J connectivity index is 1.77. The number of hydrogen-bond acceptors (Lipinski definition) is 3. The molecule has 2 N–H and O–H groups in total. The second-order valence-electron chi connectivity index (χ2n) is 6.34. The van der Waals surface area contributed by atoms with Gasteiger partial charge in [-0.2, -0.15) is 0 Å². The average Bonchev–Trinajstić information content (AvgIpc) is 2.82. The fourth-order valence-electron chi connectivity index (χ4n) is 4.10. The van der Waals surface area contributed by atoms with Gasteiger partial charge in [0.2, 0.25) is 5.91 Å². The molecular weight excluding hydrogens is 226 g/mol. The first-order valence-electron chi connectivity index (χ1n) is 7.46. The summed E-state index contributed by atoms with van der Waals surface area (Å²) in [6, 6.07) is 0.440. The summed E-state index contributed by atoms with van der Waals surface area (Å²) in [4.78, 5) is 15.1. The first-order chi connectivity index (χ1) is 8.72. The van der Waals surface area contributed by atoms with Gasteiger partial charge in [0.1, 0.15) is 0 Å². The summed E-state index contributed by atoms with van der Waals surface area (Å²) in [6.45, 7) is 6.84. The van der Waals surface area contributed by atoms with Crippen LogP contribution in [0.5, 0.6) is 0 Å². The normalized spacial score (nSPS) is 40.6. The molecule has 4 heteroatoms. The number of carbonyl (C=O) groups is 1. The van der Waals surface area contributed by atoms with Crippen LogP contribution in [0.1, 0.15) is 32.6 Å². The van der Waals surface area contributed by atoms with E-state index in [1.807, 2.05) is 0 Å². The van der Waals surface area contributed by atoms with Gasteiger partial charge in [-0.25, -0.2) is 0 Å². The molecule has 0 bridgehead atoms. The zero-order valence-electron chi connectivity index (χ0n) is 11.4. The highest BCUT2D eigenvalue weighted by Gasteiger charge is 2.51. The van der Waals surface area contributed by atoms with Gasteiger partial charge in [-0.05, 0) is 32.2 Å². The maximum Gasteiger partial charge on any atom is 0.230 e. The minimum Gasteiger partial charge on any atom is -0.339 e. The fraction of sp³-hybridized carbons (Fsp3) is 0.929. The number of carbonyl (C=O) groups excluding carboxylic acids is 1. The number of hydrogen-bond donors (Lipinski definition) is 2. The molecule has 3 fully saturated rings. The van der Waals surface area contributed by atoms with Crippen LogP contribution in [0.2, 0.25) is 0 Å². The van der Waals surface area contributed by atoms with Crippen molar-refractivity contribution >= 4 is 5.91 Å². The van der Waals surface area contributed by atoms with Crippen LogP contribution in [-0.2, 0) is 4.79 Å². The van der Waals surface area contributed by atoms with Crippen molar-refractivity contribution in [2.24, 2.45) is 11.3 Å². The molecule has 3 aliphatic rings.